The van der Waals surface area contributed by atoms with Crippen molar-refractivity contribution < 1.29 is 14.6 Å². The Hall–Kier alpha value is -1.36. The van der Waals surface area contributed by atoms with Gasteiger partial charge in [-0.2, -0.15) is 0 Å². The summed E-state index contributed by atoms with van der Waals surface area (Å²) < 4.78 is 5.73. The molecule has 0 bridgehead atoms. The van der Waals surface area contributed by atoms with Crippen molar-refractivity contribution in [2.75, 3.05) is 7.11 Å². The Labute approximate surface area is 215 Å². The summed E-state index contributed by atoms with van der Waals surface area (Å²) in [6.07, 6.45) is 15.7. The standard InChI is InChI=1S/C31H42O3S/c1-29-17-14-22(34-4)20-21(29)10-11-24-25-12-13-27(30(25,2)18-15-26(24)29)31(3,33)19-16-28(32)35-23-8-6-5-7-9-23/h5-10,16,19,22,24-27,33H,11-15,17-18,20H2,1-4H3/b19-16+/t22-,24-,25-,26-,27-,29-,30-,31-/m0/s1. The van der Waals surface area contributed by atoms with Gasteiger partial charge in [0.1, 0.15) is 0 Å². The van der Waals surface area contributed by atoms with Crippen molar-refractivity contribution in [1.82, 2.24) is 0 Å². The second kappa shape index (κ2) is 9.50. The summed E-state index contributed by atoms with van der Waals surface area (Å²) in [5.41, 5.74) is 1.12. The molecule has 4 aliphatic carbocycles. The van der Waals surface area contributed by atoms with Gasteiger partial charge < -0.3 is 9.84 Å². The van der Waals surface area contributed by atoms with E-state index in [2.05, 4.69) is 19.9 Å². The Bertz CT molecular complexity index is 998. The quantitative estimate of drug-likeness (QED) is 0.267. The number of aliphatic hydroxyl groups is 1. The van der Waals surface area contributed by atoms with Crippen LogP contribution in [0.4, 0.5) is 0 Å². The Morgan fingerprint density at radius 3 is 2.63 bits per heavy atom. The van der Waals surface area contributed by atoms with Gasteiger partial charge in [-0.25, -0.2) is 0 Å². The van der Waals surface area contributed by atoms with Crippen LogP contribution in [0.25, 0.3) is 0 Å². The van der Waals surface area contributed by atoms with Gasteiger partial charge in [-0.3, -0.25) is 4.79 Å². The van der Waals surface area contributed by atoms with Crippen molar-refractivity contribution in [3.05, 3.63) is 54.1 Å². The Morgan fingerprint density at radius 1 is 1.11 bits per heavy atom. The molecule has 0 aliphatic heterocycles. The minimum atomic E-state index is -0.973. The van der Waals surface area contributed by atoms with Gasteiger partial charge in [-0.1, -0.05) is 43.7 Å². The lowest BCUT2D eigenvalue weighted by molar-refractivity contribution is -0.107. The number of hydrogen-bond acceptors (Lipinski definition) is 4. The van der Waals surface area contributed by atoms with Crippen molar-refractivity contribution in [1.29, 1.82) is 0 Å². The molecule has 1 aromatic carbocycles. The number of methoxy groups -OCH3 is 1. The van der Waals surface area contributed by atoms with Crippen LogP contribution >= 0.6 is 11.8 Å². The highest BCUT2D eigenvalue weighted by Crippen LogP contribution is 2.67. The van der Waals surface area contributed by atoms with Crippen LogP contribution in [0.15, 0.2) is 59.0 Å². The van der Waals surface area contributed by atoms with Crippen LogP contribution in [0.3, 0.4) is 0 Å². The minimum absolute atomic E-state index is 0.0237. The first-order valence-corrected chi connectivity index (χ1v) is 14.4. The molecule has 0 saturated heterocycles. The van der Waals surface area contributed by atoms with E-state index in [0.29, 0.717) is 23.4 Å². The molecule has 35 heavy (non-hydrogen) atoms. The van der Waals surface area contributed by atoms with Gasteiger partial charge in [0.2, 0.25) is 5.12 Å². The van der Waals surface area contributed by atoms with Crippen LogP contribution < -0.4 is 0 Å². The number of benzene rings is 1. The molecule has 4 aliphatic rings. The molecule has 3 fully saturated rings. The van der Waals surface area contributed by atoms with Gasteiger partial charge in [-0.05, 0) is 129 Å². The lowest BCUT2D eigenvalue weighted by Gasteiger charge is -2.58. The molecule has 0 amide bonds. The molecule has 190 valence electrons. The third kappa shape index (κ3) is 4.49. The third-order valence-corrected chi connectivity index (χ3v) is 11.5. The molecule has 4 heteroatoms. The molecule has 3 saturated carbocycles. The van der Waals surface area contributed by atoms with Crippen molar-refractivity contribution in [2.45, 2.75) is 88.7 Å². The topological polar surface area (TPSA) is 46.5 Å². The molecular formula is C31H42O3S. The molecule has 3 nitrogen and oxygen atoms in total. The highest BCUT2D eigenvalue weighted by Gasteiger charge is 2.61. The number of fused-ring (bicyclic) bond motifs is 5. The fourth-order valence-corrected chi connectivity index (χ4v) is 9.44. The van der Waals surface area contributed by atoms with E-state index in [9.17, 15) is 9.90 Å². The zero-order valence-electron chi connectivity index (χ0n) is 21.8. The number of ether oxygens (including phenoxy) is 1. The van der Waals surface area contributed by atoms with E-state index in [1.165, 1.54) is 50.3 Å². The largest absolute Gasteiger partial charge is 0.386 e. The monoisotopic (exact) mass is 494 g/mol. The van der Waals surface area contributed by atoms with Crippen molar-refractivity contribution in [3.8, 4) is 0 Å². The predicted molar refractivity (Wildman–Crippen MR) is 143 cm³/mol. The summed E-state index contributed by atoms with van der Waals surface area (Å²) in [4.78, 5) is 13.5. The fourth-order valence-electron chi connectivity index (χ4n) is 8.78. The van der Waals surface area contributed by atoms with Gasteiger partial charge in [0.05, 0.1) is 11.7 Å². The van der Waals surface area contributed by atoms with Gasteiger partial charge >= 0.3 is 0 Å². The summed E-state index contributed by atoms with van der Waals surface area (Å²) >= 11 is 1.22. The normalized spacial score (nSPS) is 40.4. The molecule has 1 aromatic rings. The van der Waals surface area contributed by atoms with Crippen LogP contribution in [-0.4, -0.2) is 29.0 Å². The molecule has 0 aromatic heterocycles. The smallest absolute Gasteiger partial charge is 0.216 e. The average Bonchev–Trinajstić information content (AvgIpc) is 3.21. The Balaban J connectivity index is 1.31. The number of carbonyl (C=O) groups excluding carboxylic acids is 1. The highest BCUT2D eigenvalue weighted by molar-refractivity contribution is 8.14. The number of thioether (sulfide) groups is 1. The molecule has 1 N–H and O–H groups in total. The fraction of sp³-hybridized carbons (Fsp3) is 0.645. The number of hydrogen-bond donors (Lipinski definition) is 1. The lowest BCUT2D eigenvalue weighted by atomic mass is 9.46. The van der Waals surface area contributed by atoms with Gasteiger partial charge in [0.25, 0.3) is 0 Å². The molecular weight excluding hydrogens is 452 g/mol. The van der Waals surface area contributed by atoms with Crippen LogP contribution in [0, 0.1) is 34.5 Å². The van der Waals surface area contributed by atoms with Gasteiger partial charge in [0, 0.05) is 12.0 Å². The maximum Gasteiger partial charge on any atom is 0.216 e. The van der Waals surface area contributed by atoms with Crippen LogP contribution in [-0.2, 0) is 9.53 Å². The van der Waals surface area contributed by atoms with E-state index >= 15 is 0 Å². The third-order valence-electron chi connectivity index (χ3n) is 10.6. The molecule has 0 unspecified atom stereocenters. The lowest BCUT2D eigenvalue weighted by Crippen LogP contribution is -2.52. The number of carbonyl (C=O) groups is 1. The second-order valence-electron chi connectivity index (χ2n) is 12.3. The van der Waals surface area contributed by atoms with Crippen LogP contribution in [0.2, 0.25) is 0 Å². The predicted octanol–water partition coefficient (Wildman–Crippen LogP) is 7.21. The van der Waals surface area contributed by atoms with Gasteiger partial charge in [-0.15, -0.1) is 0 Å². The Morgan fingerprint density at radius 2 is 1.89 bits per heavy atom. The van der Waals surface area contributed by atoms with Crippen LogP contribution in [0.1, 0.15) is 72.1 Å². The second-order valence-corrected chi connectivity index (χ2v) is 13.4. The minimum Gasteiger partial charge on any atom is -0.386 e. The van der Waals surface area contributed by atoms with Gasteiger partial charge in [0.15, 0.2) is 0 Å². The average molecular weight is 495 g/mol. The maximum absolute atomic E-state index is 12.6. The molecule has 0 heterocycles. The number of rotatable bonds is 5. The summed E-state index contributed by atoms with van der Waals surface area (Å²) in [5, 5.41) is 11.6. The first-order chi connectivity index (χ1) is 16.7. The zero-order valence-corrected chi connectivity index (χ0v) is 22.7. The summed E-state index contributed by atoms with van der Waals surface area (Å²) in [6, 6.07) is 9.73. The van der Waals surface area contributed by atoms with E-state index in [1.54, 1.807) is 17.7 Å². The molecule has 5 rings (SSSR count). The van der Waals surface area contributed by atoms with Crippen molar-refractivity contribution in [2.24, 2.45) is 34.5 Å². The van der Waals surface area contributed by atoms with E-state index < -0.39 is 5.60 Å². The number of allylic oxidation sites excluding steroid dienone is 1. The summed E-state index contributed by atoms with van der Waals surface area (Å²) in [7, 11) is 1.86. The SMILES string of the molecule is CO[C@H]1CC[C@@]2(C)C(=CC[C@H]3[C@@H]4CC[C@H]([C@@](C)(O)/C=C/C(=O)Sc5ccccc5)[C@@]4(C)CC[C@@H]32)C1. The first kappa shape index (κ1) is 25.3. The zero-order chi connectivity index (χ0) is 24.8. The van der Waals surface area contributed by atoms with Crippen molar-refractivity contribution in [3.63, 3.8) is 0 Å². The highest BCUT2D eigenvalue weighted by atomic mass is 32.2. The molecule has 8 atom stereocenters. The maximum atomic E-state index is 12.6. The first-order valence-electron chi connectivity index (χ1n) is 13.6. The molecule has 0 spiro atoms. The van der Waals surface area contributed by atoms with Crippen LogP contribution in [0.5, 0.6) is 0 Å². The Kier molecular flexibility index (Phi) is 6.87. The van der Waals surface area contributed by atoms with E-state index in [1.807, 2.05) is 44.4 Å². The van der Waals surface area contributed by atoms with E-state index in [4.69, 9.17) is 4.74 Å². The van der Waals surface area contributed by atoms with E-state index in [-0.39, 0.29) is 16.4 Å². The van der Waals surface area contributed by atoms with Crippen molar-refractivity contribution >= 4 is 16.9 Å². The summed E-state index contributed by atoms with van der Waals surface area (Å²) in [5.74, 6) is 2.30. The van der Waals surface area contributed by atoms with E-state index in [0.717, 1.165) is 23.7 Å². The molecule has 0 radical (unpaired) electrons. The summed E-state index contributed by atoms with van der Waals surface area (Å²) in [6.45, 7) is 6.91.